The lowest BCUT2D eigenvalue weighted by molar-refractivity contribution is 0.0595. The Morgan fingerprint density at radius 3 is 3.06 bits per heavy atom. The lowest BCUT2D eigenvalue weighted by Crippen LogP contribution is -2.24. The first-order valence-electron chi connectivity index (χ1n) is 6.13. The van der Waals surface area contributed by atoms with Gasteiger partial charge in [-0.05, 0) is 30.9 Å². The summed E-state index contributed by atoms with van der Waals surface area (Å²) >= 11 is 0. The number of fused-ring (bicyclic) bond motifs is 1. The highest BCUT2D eigenvalue weighted by Crippen LogP contribution is 2.34. The molecule has 92 valence electrons. The van der Waals surface area contributed by atoms with Crippen LogP contribution in [0.25, 0.3) is 0 Å². The predicted molar refractivity (Wildman–Crippen MR) is 64.6 cm³/mol. The van der Waals surface area contributed by atoms with Gasteiger partial charge in [0.15, 0.2) is 11.5 Å². The Kier molecular flexibility index (Phi) is 3.05. The topological polar surface area (TPSA) is 39.7 Å². The van der Waals surface area contributed by atoms with Gasteiger partial charge in [0.1, 0.15) is 0 Å². The normalized spacial score (nSPS) is 22.5. The molecule has 0 saturated carbocycles. The van der Waals surface area contributed by atoms with Gasteiger partial charge in [-0.25, -0.2) is 0 Å². The third-order valence-corrected chi connectivity index (χ3v) is 3.22. The van der Waals surface area contributed by atoms with Crippen molar-refractivity contribution in [2.24, 2.45) is 5.92 Å². The van der Waals surface area contributed by atoms with Gasteiger partial charge in [0.05, 0.1) is 6.61 Å². The van der Waals surface area contributed by atoms with Crippen molar-refractivity contribution < 1.29 is 14.2 Å². The van der Waals surface area contributed by atoms with Crippen LogP contribution in [-0.4, -0.2) is 26.6 Å². The first-order chi connectivity index (χ1) is 8.42. The number of anilines is 1. The van der Waals surface area contributed by atoms with Crippen molar-refractivity contribution in [1.82, 2.24) is 0 Å². The van der Waals surface area contributed by atoms with E-state index in [0.29, 0.717) is 12.7 Å². The molecule has 3 rings (SSSR count). The summed E-state index contributed by atoms with van der Waals surface area (Å²) in [6, 6.07) is 5.96. The molecule has 0 bridgehead atoms. The minimum Gasteiger partial charge on any atom is -0.454 e. The molecule has 0 aliphatic carbocycles. The summed E-state index contributed by atoms with van der Waals surface area (Å²) in [6.07, 6.45) is 2.42. The van der Waals surface area contributed by atoms with Crippen LogP contribution in [0.4, 0.5) is 5.69 Å². The molecule has 0 aromatic heterocycles. The smallest absolute Gasteiger partial charge is 0.231 e. The summed E-state index contributed by atoms with van der Waals surface area (Å²) < 4.78 is 16.1. The van der Waals surface area contributed by atoms with E-state index in [1.165, 1.54) is 12.8 Å². The molecule has 1 atom stereocenters. The van der Waals surface area contributed by atoms with Crippen molar-refractivity contribution in [2.45, 2.75) is 12.8 Å². The van der Waals surface area contributed by atoms with Gasteiger partial charge in [-0.15, -0.1) is 0 Å². The van der Waals surface area contributed by atoms with Crippen LogP contribution < -0.4 is 14.8 Å². The maximum absolute atomic E-state index is 5.46. The summed E-state index contributed by atoms with van der Waals surface area (Å²) in [7, 11) is 0. The average Bonchev–Trinajstić information content (AvgIpc) is 2.85. The quantitative estimate of drug-likeness (QED) is 0.872. The zero-order valence-corrected chi connectivity index (χ0v) is 9.78. The van der Waals surface area contributed by atoms with Crippen LogP contribution in [0.3, 0.4) is 0 Å². The third kappa shape index (κ3) is 2.47. The Morgan fingerprint density at radius 2 is 2.18 bits per heavy atom. The zero-order chi connectivity index (χ0) is 11.5. The SMILES string of the molecule is c1cc2c(cc1NCC1CCCOC1)OCO2. The van der Waals surface area contributed by atoms with Gasteiger partial charge >= 0.3 is 0 Å². The number of rotatable bonds is 3. The van der Waals surface area contributed by atoms with Crippen LogP contribution in [0.1, 0.15) is 12.8 Å². The van der Waals surface area contributed by atoms with Crippen molar-refractivity contribution in [3.8, 4) is 11.5 Å². The molecule has 1 unspecified atom stereocenters. The minimum atomic E-state index is 0.329. The van der Waals surface area contributed by atoms with Crippen LogP contribution in [-0.2, 0) is 4.74 Å². The van der Waals surface area contributed by atoms with Gasteiger partial charge in [0, 0.05) is 24.9 Å². The molecule has 1 aromatic carbocycles. The summed E-state index contributed by atoms with van der Waals surface area (Å²) in [6.45, 7) is 3.08. The Morgan fingerprint density at radius 1 is 1.24 bits per heavy atom. The fraction of sp³-hybridized carbons (Fsp3) is 0.538. The van der Waals surface area contributed by atoms with Gasteiger partial charge in [-0.3, -0.25) is 0 Å². The highest BCUT2D eigenvalue weighted by Gasteiger charge is 2.15. The second kappa shape index (κ2) is 4.84. The Labute approximate surface area is 101 Å². The van der Waals surface area contributed by atoms with Crippen LogP contribution in [0.2, 0.25) is 0 Å². The van der Waals surface area contributed by atoms with E-state index in [1.807, 2.05) is 18.2 Å². The number of benzene rings is 1. The van der Waals surface area contributed by atoms with E-state index in [0.717, 1.165) is 36.9 Å². The molecule has 1 N–H and O–H groups in total. The van der Waals surface area contributed by atoms with E-state index in [-0.39, 0.29) is 0 Å². The van der Waals surface area contributed by atoms with Crippen molar-refractivity contribution in [1.29, 1.82) is 0 Å². The molecule has 17 heavy (non-hydrogen) atoms. The van der Waals surface area contributed by atoms with Crippen LogP contribution in [0.15, 0.2) is 18.2 Å². The maximum atomic E-state index is 5.46. The summed E-state index contributed by atoms with van der Waals surface area (Å²) in [5.74, 6) is 2.28. The van der Waals surface area contributed by atoms with E-state index < -0.39 is 0 Å². The average molecular weight is 235 g/mol. The van der Waals surface area contributed by atoms with E-state index >= 15 is 0 Å². The molecule has 2 aliphatic rings. The van der Waals surface area contributed by atoms with Gasteiger partial charge in [0.2, 0.25) is 6.79 Å². The molecule has 1 saturated heterocycles. The van der Waals surface area contributed by atoms with Crippen LogP contribution in [0, 0.1) is 5.92 Å². The molecule has 0 amide bonds. The largest absolute Gasteiger partial charge is 0.454 e. The second-order valence-electron chi connectivity index (χ2n) is 4.53. The molecule has 2 aliphatic heterocycles. The van der Waals surface area contributed by atoms with Crippen LogP contribution in [0.5, 0.6) is 11.5 Å². The fourth-order valence-electron chi connectivity index (χ4n) is 2.24. The maximum Gasteiger partial charge on any atom is 0.231 e. The van der Waals surface area contributed by atoms with Crippen LogP contribution >= 0.6 is 0 Å². The van der Waals surface area contributed by atoms with E-state index in [9.17, 15) is 0 Å². The minimum absolute atomic E-state index is 0.329. The van der Waals surface area contributed by atoms with E-state index in [2.05, 4.69) is 5.32 Å². The summed E-state index contributed by atoms with van der Waals surface area (Å²) in [4.78, 5) is 0. The molecular weight excluding hydrogens is 218 g/mol. The molecule has 4 nitrogen and oxygen atoms in total. The highest BCUT2D eigenvalue weighted by atomic mass is 16.7. The molecule has 4 heteroatoms. The Bertz CT molecular complexity index is 388. The van der Waals surface area contributed by atoms with Crippen molar-refractivity contribution >= 4 is 5.69 Å². The van der Waals surface area contributed by atoms with Crippen molar-refractivity contribution in [3.63, 3.8) is 0 Å². The predicted octanol–water partition coefficient (Wildman–Crippen LogP) is 2.25. The zero-order valence-electron chi connectivity index (χ0n) is 9.78. The lowest BCUT2D eigenvalue weighted by Gasteiger charge is -2.22. The second-order valence-corrected chi connectivity index (χ2v) is 4.53. The van der Waals surface area contributed by atoms with Crippen molar-refractivity contribution in [2.75, 3.05) is 31.9 Å². The molecule has 0 spiro atoms. The van der Waals surface area contributed by atoms with Gasteiger partial charge < -0.3 is 19.5 Å². The molecule has 2 heterocycles. The van der Waals surface area contributed by atoms with E-state index in [4.69, 9.17) is 14.2 Å². The number of nitrogens with one attached hydrogen (secondary N) is 1. The summed E-state index contributed by atoms with van der Waals surface area (Å²) in [5.41, 5.74) is 1.08. The molecule has 1 aromatic rings. The first-order valence-corrected chi connectivity index (χ1v) is 6.13. The Balaban J connectivity index is 1.57. The van der Waals surface area contributed by atoms with Crippen molar-refractivity contribution in [3.05, 3.63) is 18.2 Å². The number of hydrogen-bond acceptors (Lipinski definition) is 4. The Hall–Kier alpha value is -1.42. The molecular formula is C13H17NO3. The summed E-state index contributed by atoms with van der Waals surface area (Å²) in [5, 5.41) is 3.43. The third-order valence-electron chi connectivity index (χ3n) is 3.22. The lowest BCUT2D eigenvalue weighted by atomic mass is 10.0. The van der Waals surface area contributed by atoms with Gasteiger partial charge in [0.25, 0.3) is 0 Å². The highest BCUT2D eigenvalue weighted by molar-refractivity contribution is 5.55. The monoisotopic (exact) mass is 235 g/mol. The standard InChI is InChI=1S/C13H17NO3/c1-2-10(8-15-5-1)7-14-11-3-4-12-13(6-11)17-9-16-12/h3-4,6,10,14H,1-2,5,7-9H2. The number of ether oxygens (including phenoxy) is 3. The molecule has 1 fully saturated rings. The number of hydrogen-bond donors (Lipinski definition) is 1. The van der Waals surface area contributed by atoms with Gasteiger partial charge in [-0.1, -0.05) is 0 Å². The first kappa shape index (κ1) is 10.7. The van der Waals surface area contributed by atoms with Gasteiger partial charge in [-0.2, -0.15) is 0 Å². The molecule has 0 radical (unpaired) electrons. The van der Waals surface area contributed by atoms with E-state index in [1.54, 1.807) is 0 Å². The fourth-order valence-corrected chi connectivity index (χ4v) is 2.24.